The summed E-state index contributed by atoms with van der Waals surface area (Å²) in [5.41, 5.74) is 5.13. The van der Waals surface area contributed by atoms with Gasteiger partial charge in [-0.25, -0.2) is 0 Å². The maximum atomic E-state index is 2.48. The first-order chi connectivity index (χ1) is 9.24. The van der Waals surface area contributed by atoms with Crippen molar-refractivity contribution in [2.75, 3.05) is 0 Å². The van der Waals surface area contributed by atoms with Crippen LogP contribution in [0.25, 0.3) is 0 Å². The van der Waals surface area contributed by atoms with Gasteiger partial charge in [-0.1, -0.05) is 51.0 Å². The normalized spacial score (nSPS) is 20.4. The van der Waals surface area contributed by atoms with Crippen molar-refractivity contribution >= 4 is 11.3 Å². The van der Waals surface area contributed by atoms with Crippen LogP contribution < -0.4 is 0 Å². The van der Waals surface area contributed by atoms with E-state index in [-0.39, 0.29) is 5.41 Å². The third kappa shape index (κ3) is 3.09. The highest BCUT2D eigenvalue weighted by molar-refractivity contribution is 7.10. The van der Waals surface area contributed by atoms with Gasteiger partial charge in [0, 0.05) is 10.3 Å². The Morgan fingerprint density at radius 3 is 2.60 bits per heavy atom. The van der Waals surface area contributed by atoms with E-state index in [9.17, 15) is 0 Å². The van der Waals surface area contributed by atoms with Gasteiger partial charge in [0.15, 0.2) is 0 Å². The Morgan fingerprint density at radius 1 is 1.35 bits per heavy atom. The lowest BCUT2D eigenvalue weighted by molar-refractivity contribution is 0.371. The van der Waals surface area contributed by atoms with Gasteiger partial charge in [0.1, 0.15) is 0 Å². The van der Waals surface area contributed by atoms with Crippen LogP contribution in [0.1, 0.15) is 65.7 Å². The predicted molar refractivity (Wildman–Crippen MR) is 91.4 cm³/mol. The van der Waals surface area contributed by atoms with Crippen LogP contribution in [0.5, 0.6) is 0 Å². The molecule has 0 amide bonds. The zero-order chi connectivity index (χ0) is 15.0. The average molecular weight is 289 g/mol. The monoisotopic (exact) mass is 288 g/mol. The Bertz CT molecular complexity index is 524. The van der Waals surface area contributed by atoms with E-state index >= 15 is 0 Å². The summed E-state index contributed by atoms with van der Waals surface area (Å²) in [7, 11) is 0. The molecular weight excluding hydrogens is 260 g/mol. The molecule has 0 atom stereocenters. The second-order valence-electron chi connectivity index (χ2n) is 7.42. The third-order valence-electron chi connectivity index (χ3n) is 4.59. The van der Waals surface area contributed by atoms with Crippen LogP contribution in [-0.4, -0.2) is 0 Å². The van der Waals surface area contributed by atoms with E-state index in [1.807, 2.05) is 11.3 Å². The molecule has 0 N–H and O–H groups in total. The fourth-order valence-corrected chi connectivity index (χ4v) is 4.65. The highest BCUT2D eigenvalue weighted by Gasteiger charge is 2.30. The van der Waals surface area contributed by atoms with Gasteiger partial charge in [-0.3, -0.25) is 0 Å². The summed E-state index contributed by atoms with van der Waals surface area (Å²) in [5.74, 6) is 0. The zero-order valence-corrected chi connectivity index (χ0v) is 14.7. The highest BCUT2D eigenvalue weighted by Crippen LogP contribution is 2.44. The second-order valence-corrected chi connectivity index (χ2v) is 8.37. The molecule has 1 aliphatic carbocycles. The average Bonchev–Trinajstić information content (AvgIpc) is 2.80. The molecule has 0 fully saturated rings. The third-order valence-corrected chi connectivity index (χ3v) is 5.79. The lowest BCUT2D eigenvalue weighted by Gasteiger charge is -2.36. The van der Waals surface area contributed by atoms with E-state index in [1.165, 1.54) is 29.7 Å². The maximum Gasteiger partial charge on any atom is 0.0175 e. The highest BCUT2D eigenvalue weighted by atomic mass is 32.1. The molecule has 0 unspecified atom stereocenters. The molecule has 2 rings (SSSR count). The summed E-state index contributed by atoms with van der Waals surface area (Å²) in [6, 6.07) is 4.40. The van der Waals surface area contributed by atoms with Crippen molar-refractivity contribution in [3.8, 4) is 0 Å². The van der Waals surface area contributed by atoms with Crippen LogP contribution >= 0.6 is 11.3 Å². The smallest absolute Gasteiger partial charge is 0.0175 e. The van der Waals surface area contributed by atoms with Gasteiger partial charge in [0.05, 0.1) is 0 Å². The number of thiophene rings is 1. The van der Waals surface area contributed by atoms with Crippen molar-refractivity contribution in [3.63, 3.8) is 0 Å². The van der Waals surface area contributed by atoms with Crippen LogP contribution in [-0.2, 0) is 5.41 Å². The van der Waals surface area contributed by atoms with E-state index in [4.69, 9.17) is 0 Å². The molecule has 20 heavy (non-hydrogen) atoms. The molecule has 1 heterocycles. The molecule has 0 nitrogen and oxygen atoms in total. The van der Waals surface area contributed by atoms with E-state index in [0.29, 0.717) is 5.41 Å². The molecule has 0 spiro atoms. The van der Waals surface area contributed by atoms with Crippen molar-refractivity contribution in [1.29, 1.82) is 0 Å². The minimum absolute atomic E-state index is 0.124. The quantitative estimate of drug-likeness (QED) is 0.595. The number of rotatable bonds is 3. The van der Waals surface area contributed by atoms with Crippen molar-refractivity contribution < 1.29 is 0 Å². The molecule has 0 bridgehead atoms. The number of hydrogen-bond donors (Lipinski definition) is 0. The number of hydrogen-bond acceptors (Lipinski definition) is 1. The van der Waals surface area contributed by atoms with Gasteiger partial charge in [0.2, 0.25) is 0 Å². The van der Waals surface area contributed by atoms with Gasteiger partial charge >= 0.3 is 0 Å². The van der Waals surface area contributed by atoms with Crippen LogP contribution in [0.2, 0.25) is 0 Å². The Labute approximate surface area is 128 Å². The second kappa shape index (κ2) is 5.52. The summed E-state index contributed by atoms with van der Waals surface area (Å²) < 4.78 is 0. The Morgan fingerprint density at radius 2 is 2.05 bits per heavy atom. The van der Waals surface area contributed by atoms with E-state index in [0.717, 1.165) is 0 Å². The fraction of sp³-hybridized carbons (Fsp3) is 0.579. The topological polar surface area (TPSA) is 0 Å². The van der Waals surface area contributed by atoms with Crippen LogP contribution in [0, 0.1) is 5.41 Å². The zero-order valence-electron chi connectivity index (χ0n) is 13.8. The maximum absolute atomic E-state index is 2.48. The Kier molecular flexibility index (Phi) is 4.30. The van der Waals surface area contributed by atoms with Gasteiger partial charge in [-0.2, -0.15) is 0 Å². The van der Waals surface area contributed by atoms with Gasteiger partial charge in [-0.15, -0.1) is 11.3 Å². The van der Waals surface area contributed by atoms with Gasteiger partial charge in [0.25, 0.3) is 0 Å². The molecule has 0 saturated carbocycles. The summed E-state index contributed by atoms with van der Waals surface area (Å²) in [6.07, 6.45) is 6.39. The molecule has 0 saturated heterocycles. The van der Waals surface area contributed by atoms with Crippen molar-refractivity contribution in [2.24, 2.45) is 5.41 Å². The van der Waals surface area contributed by atoms with Gasteiger partial charge < -0.3 is 0 Å². The summed E-state index contributed by atoms with van der Waals surface area (Å²) >= 11 is 1.86. The molecule has 1 aliphatic rings. The molecule has 1 aromatic heterocycles. The fourth-order valence-electron chi connectivity index (χ4n) is 3.82. The van der Waals surface area contributed by atoms with Crippen LogP contribution in [0.15, 0.2) is 40.3 Å². The standard InChI is InChI=1S/C19H28S/c1-14-9-7-11-18(3,4)17(14)15(2)13-19(5,6)16-10-8-12-20-16/h8,10,12-13H,7,9,11H2,1-6H3/b15-13+. The molecule has 1 heteroatoms. The largest absolute Gasteiger partial charge is 0.148 e. The first-order valence-electron chi connectivity index (χ1n) is 7.68. The molecule has 0 aliphatic heterocycles. The molecule has 0 radical (unpaired) electrons. The van der Waals surface area contributed by atoms with E-state index in [2.05, 4.69) is 65.1 Å². The summed E-state index contributed by atoms with van der Waals surface area (Å²) in [4.78, 5) is 1.45. The molecular formula is C19H28S. The molecule has 0 aromatic carbocycles. The number of allylic oxidation sites excluding steroid dienone is 4. The van der Waals surface area contributed by atoms with Crippen molar-refractivity contribution in [3.05, 3.63) is 45.2 Å². The Hall–Kier alpha value is -0.820. The molecule has 110 valence electrons. The SMILES string of the molecule is CC1=C(/C(C)=C/C(C)(C)c2cccs2)C(C)(C)CCC1. The van der Waals surface area contributed by atoms with Crippen molar-refractivity contribution in [1.82, 2.24) is 0 Å². The molecule has 1 aromatic rings. The van der Waals surface area contributed by atoms with E-state index in [1.54, 1.807) is 11.1 Å². The van der Waals surface area contributed by atoms with Crippen molar-refractivity contribution in [2.45, 2.75) is 66.2 Å². The predicted octanol–water partition coefficient (Wildman–Crippen LogP) is 6.50. The minimum atomic E-state index is 0.124. The van der Waals surface area contributed by atoms with E-state index < -0.39 is 0 Å². The minimum Gasteiger partial charge on any atom is -0.148 e. The van der Waals surface area contributed by atoms with Gasteiger partial charge in [-0.05, 0) is 55.5 Å². The lowest BCUT2D eigenvalue weighted by atomic mass is 9.69. The first kappa shape index (κ1) is 15.6. The first-order valence-corrected chi connectivity index (χ1v) is 8.56. The Balaban J connectivity index is 2.40. The lowest BCUT2D eigenvalue weighted by Crippen LogP contribution is -2.22. The van der Waals surface area contributed by atoms with Crippen LogP contribution in [0.4, 0.5) is 0 Å². The van der Waals surface area contributed by atoms with Crippen LogP contribution in [0.3, 0.4) is 0 Å². The summed E-state index contributed by atoms with van der Waals surface area (Å²) in [5, 5.41) is 2.18. The summed E-state index contributed by atoms with van der Waals surface area (Å²) in [6.45, 7) is 14.1.